The molecular formula is C23H18N4O4. The monoisotopic (exact) mass is 414 g/mol. The molecule has 154 valence electrons. The number of carbonyl (C=O) groups excluding carboxylic acids is 1. The molecule has 8 nitrogen and oxygen atoms in total. The Labute approximate surface area is 176 Å². The molecule has 0 saturated heterocycles. The van der Waals surface area contributed by atoms with Gasteiger partial charge in [-0.3, -0.25) is 19.7 Å². The zero-order valence-corrected chi connectivity index (χ0v) is 16.6. The first-order valence-electron chi connectivity index (χ1n) is 9.54. The molecule has 0 unspecified atom stereocenters. The Hall–Kier alpha value is -4.33. The van der Waals surface area contributed by atoms with Gasteiger partial charge in [0.15, 0.2) is 0 Å². The van der Waals surface area contributed by atoms with Crippen molar-refractivity contribution in [3.63, 3.8) is 0 Å². The first kappa shape index (κ1) is 20.0. The van der Waals surface area contributed by atoms with E-state index in [1.54, 1.807) is 22.8 Å². The van der Waals surface area contributed by atoms with Crippen LogP contribution in [0.4, 0.5) is 11.4 Å². The van der Waals surface area contributed by atoms with Crippen molar-refractivity contribution in [2.24, 2.45) is 0 Å². The lowest BCUT2D eigenvalue weighted by Crippen LogP contribution is -2.24. The summed E-state index contributed by atoms with van der Waals surface area (Å²) < 4.78 is 1.59. The van der Waals surface area contributed by atoms with Crippen molar-refractivity contribution < 1.29 is 9.72 Å². The first-order chi connectivity index (χ1) is 14.9. The molecule has 0 aliphatic heterocycles. The SMILES string of the molecule is CC(=O)Nc1ccc([N+](=O)[O-])cc1-c1nc2ccccc2n(Cc2ccccc2)c1=O. The van der Waals surface area contributed by atoms with Crippen molar-refractivity contribution in [1.29, 1.82) is 0 Å². The molecule has 0 saturated carbocycles. The van der Waals surface area contributed by atoms with Crippen molar-refractivity contribution in [2.45, 2.75) is 13.5 Å². The number of amides is 1. The Balaban J connectivity index is 2.00. The van der Waals surface area contributed by atoms with Crippen LogP contribution in [0.3, 0.4) is 0 Å². The molecule has 1 heterocycles. The van der Waals surface area contributed by atoms with Gasteiger partial charge in [-0.1, -0.05) is 42.5 Å². The number of nitrogens with one attached hydrogen (secondary N) is 1. The Bertz CT molecular complexity index is 1360. The number of non-ortho nitro benzene ring substituents is 1. The standard InChI is InChI=1S/C23H18N4O4/c1-15(28)24-19-12-11-17(27(30)31)13-18(19)22-23(29)26(14-16-7-3-2-4-8-16)21-10-6-5-9-20(21)25-22/h2-13H,14H2,1H3,(H,24,28). The number of para-hydroxylation sites is 2. The van der Waals surface area contributed by atoms with Gasteiger partial charge in [0.05, 0.1) is 28.2 Å². The number of anilines is 1. The number of aromatic nitrogens is 2. The van der Waals surface area contributed by atoms with Gasteiger partial charge in [0.2, 0.25) is 5.91 Å². The van der Waals surface area contributed by atoms with E-state index in [2.05, 4.69) is 10.3 Å². The van der Waals surface area contributed by atoms with Crippen molar-refractivity contribution in [3.8, 4) is 11.3 Å². The Morgan fingerprint density at radius 1 is 1.06 bits per heavy atom. The van der Waals surface area contributed by atoms with Gasteiger partial charge < -0.3 is 9.88 Å². The van der Waals surface area contributed by atoms with E-state index in [-0.39, 0.29) is 28.5 Å². The predicted molar refractivity (Wildman–Crippen MR) is 118 cm³/mol. The number of nitrogens with zero attached hydrogens (tertiary/aromatic N) is 3. The maximum Gasteiger partial charge on any atom is 0.277 e. The molecule has 0 aliphatic rings. The van der Waals surface area contributed by atoms with Gasteiger partial charge in [0, 0.05) is 24.6 Å². The van der Waals surface area contributed by atoms with Crippen LogP contribution in [0, 0.1) is 10.1 Å². The van der Waals surface area contributed by atoms with Crippen LogP contribution in [-0.2, 0) is 11.3 Å². The molecule has 0 radical (unpaired) electrons. The molecule has 0 aliphatic carbocycles. The molecular weight excluding hydrogens is 396 g/mol. The minimum atomic E-state index is -0.551. The van der Waals surface area contributed by atoms with Gasteiger partial charge in [-0.15, -0.1) is 0 Å². The summed E-state index contributed by atoms with van der Waals surface area (Å²) in [5, 5.41) is 14.0. The lowest BCUT2D eigenvalue weighted by molar-refractivity contribution is -0.384. The second-order valence-electron chi connectivity index (χ2n) is 6.99. The molecule has 1 aromatic heterocycles. The normalized spacial score (nSPS) is 10.7. The van der Waals surface area contributed by atoms with Gasteiger partial charge in [0.1, 0.15) is 5.69 Å². The summed E-state index contributed by atoms with van der Waals surface area (Å²) in [6.07, 6.45) is 0. The van der Waals surface area contributed by atoms with Gasteiger partial charge in [-0.2, -0.15) is 0 Å². The molecule has 8 heteroatoms. The fraction of sp³-hybridized carbons (Fsp3) is 0.0870. The number of hydrogen-bond acceptors (Lipinski definition) is 5. The van der Waals surface area contributed by atoms with Crippen LogP contribution < -0.4 is 10.9 Å². The summed E-state index contributed by atoms with van der Waals surface area (Å²) in [6, 6.07) is 20.6. The van der Waals surface area contributed by atoms with Gasteiger partial charge in [-0.25, -0.2) is 4.98 Å². The highest BCUT2D eigenvalue weighted by molar-refractivity contribution is 5.94. The summed E-state index contributed by atoms with van der Waals surface area (Å²) >= 11 is 0. The topological polar surface area (TPSA) is 107 Å². The number of rotatable bonds is 5. The third-order valence-corrected chi connectivity index (χ3v) is 4.82. The highest BCUT2D eigenvalue weighted by Crippen LogP contribution is 2.30. The number of benzene rings is 3. The predicted octanol–water partition coefficient (Wildman–Crippen LogP) is 3.98. The number of carbonyl (C=O) groups is 1. The maximum absolute atomic E-state index is 13.5. The number of nitro benzene ring substituents is 1. The summed E-state index contributed by atoms with van der Waals surface area (Å²) in [6.45, 7) is 1.63. The van der Waals surface area contributed by atoms with E-state index in [0.29, 0.717) is 17.6 Å². The molecule has 4 aromatic rings. The minimum Gasteiger partial charge on any atom is -0.326 e. The van der Waals surface area contributed by atoms with Gasteiger partial charge in [0.25, 0.3) is 11.2 Å². The third kappa shape index (κ3) is 4.04. The van der Waals surface area contributed by atoms with Crippen LogP contribution in [0.25, 0.3) is 22.3 Å². The summed E-state index contributed by atoms with van der Waals surface area (Å²) in [5.41, 5.74) is 2.03. The molecule has 4 rings (SSSR count). The van der Waals surface area contributed by atoms with E-state index in [0.717, 1.165) is 5.56 Å². The summed E-state index contributed by atoms with van der Waals surface area (Å²) in [5.74, 6) is -0.361. The van der Waals surface area contributed by atoms with Crippen molar-refractivity contribution >= 4 is 28.3 Å². The zero-order valence-electron chi connectivity index (χ0n) is 16.6. The van der Waals surface area contributed by atoms with E-state index in [9.17, 15) is 19.7 Å². The van der Waals surface area contributed by atoms with E-state index >= 15 is 0 Å². The third-order valence-electron chi connectivity index (χ3n) is 4.82. The lowest BCUT2D eigenvalue weighted by atomic mass is 10.1. The summed E-state index contributed by atoms with van der Waals surface area (Å²) in [4.78, 5) is 40.5. The minimum absolute atomic E-state index is 0.0297. The second-order valence-corrected chi connectivity index (χ2v) is 6.99. The quantitative estimate of drug-likeness (QED) is 0.393. The van der Waals surface area contributed by atoms with Gasteiger partial charge >= 0.3 is 0 Å². The van der Waals surface area contributed by atoms with Crippen LogP contribution in [0.15, 0.2) is 77.6 Å². The van der Waals surface area contributed by atoms with E-state index < -0.39 is 10.5 Å². The number of nitro groups is 1. The van der Waals surface area contributed by atoms with Crippen LogP contribution in [0.2, 0.25) is 0 Å². The Morgan fingerprint density at radius 2 is 1.77 bits per heavy atom. The second kappa shape index (κ2) is 8.19. The zero-order chi connectivity index (χ0) is 22.0. The first-order valence-corrected chi connectivity index (χ1v) is 9.54. The molecule has 0 spiro atoms. The van der Waals surface area contributed by atoms with Crippen LogP contribution in [-0.4, -0.2) is 20.4 Å². The molecule has 0 fully saturated rings. The van der Waals surface area contributed by atoms with Crippen molar-refractivity contribution in [1.82, 2.24) is 9.55 Å². The van der Waals surface area contributed by atoms with E-state index in [1.807, 2.05) is 36.4 Å². The highest BCUT2D eigenvalue weighted by Gasteiger charge is 2.19. The van der Waals surface area contributed by atoms with Crippen molar-refractivity contribution in [2.75, 3.05) is 5.32 Å². The smallest absolute Gasteiger partial charge is 0.277 e. The summed E-state index contributed by atoms with van der Waals surface area (Å²) in [7, 11) is 0. The van der Waals surface area contributed by atoms with Gasteiger partial charge in [-0.05, 0) is 23.8 Å². The molecule has 1 N–H and O–H groups in total. The average Bonchev–Trinajstić information content (AvgIpc) is 2.76. The van der Waals surface area contributed by atoms with Crippen LogP contribution in [0.1, 0.15) is 12.5 Å². The molecule has 31 heavy (non-hydrogen) atoms. The van der Waals surface area contributed by atoms with Crippen LogP contribution in [0.5, 0.6) is 0 Å². The molecule has 1 amide bonds. The number of hydrogen-bond donors (Lipinski definition) is 1. The maximum atomic E-state index is 13.5. The lowest BCUT2D eigenvalue weighted by Gasteiger charge is -2.14. The molecule has 0 atom stereocenters. The highest BCUT2D eigenvalue weighted by atomic mass is 16.6. The van der Waals surface area contributed by atoms with E-state index in [1.165, 1.54) is 25.1 Å². The molecule has 0 bridgehead atoms. The van der Waals surface area contributed by atoms with E-state index in [4.69, 9.17) is 0 Å². The fourth-order valence-corrected chi connectivity index (χ4v) is 3.43. The number of fused-ring (bicyclic) bond motifs is 1. The Morgan fingerprint density at radius 3 is 2.48 bits per heavy atom. The molecule has 3 aromatic carbocycles. The van der Waals surface area contributed by atoms with Crippen LogP contribution >= 0.6 is 0 Å². The Kier molecular flexibility index (Phi) is 5.28. The average molecular weight is 414 g/mol. The fourth-order valence-electron chi connectivity index (χ4n) is 3.43. The largest absolute Gasteiger partial charge is 0.326 e. The van der Waals surface area contributed by atoms with Crippen molar-refractivity contribution in [3.05, 3.63) is 98.8 Å².